The molecule has 1 aromatic carbocycles. The summed E-state index contributed by atoms with van der Waals surface area (Å²) in [5.74, 6) is -0.484. The lowest BCUT2D eigenvalue weighted by atomic mass is 10.1. The number of carbonyl (C=O) groups is 1. The van der Waals surface area contributed by atoms with E-state index in [4.69, 9.17) is 0 Å². The van der Waals surface area contributed by atoms with E-state index in [9.17, 15) is 9.59 Å². The Labute approximate surface area is 84.7 Å². The number of rotatable bonds is 1. The summed E-state index contributed by atoms with van der Waals surface area (Å²) in [7, 11) is 1.29. The highest BCUT2D eigenvalue weighted by molar-refractivity contribution is 6.02. The van der Waals surface area contributed by atoms with Gasteiger partial charge in [0.2, 0.25) is 0 Å². The van der Waals surface area contributed by atoms with Crippen molar-refractivity contribution in [3.8, 4) is 0 Å². The van der Waals surface area contributed by atoms with E-state index in [1.165, 1.54) is 13.4 Å². The van der Waals surface area contributed by atoms with E-state index < -0.39 is 5.97 Å². The Morgan fingerprint density at radius 3 is 3.00 bits per heavy atom. The van der Waals surface area contributed by atoms with Gasteiger partial charge < -0.3 is 9.72 Å². The van der Waals surface area contributed by atoms with Crippen LogP contribution >= 0.6 is 0 Å². The van der Waals surface area contributed by atoms with Gasteiger partial charge in [-0.3, -0.25) is 4.79 Å². The Kier molecular flexibility index (Phi) is 2.21. The molecule has 0 unspecified atom stereocenters. The second-order valence-corrected chi connectivity index (χ2v) is 2.93. The molecule has 76 valence electrons. The highest BCUT2D eigenvalue weighted by Crippen LogP contribution is 2.12. The van der Waals surface area contributed by atoms with Gasteiger partial charge in [0.15, 0.2) is 0 Å². The molecule has 0 amide bonds. The zero-order valence-corrected chi connectivity index (χ0v) is 7.98. The fourth-order valence-corrected chi connectivity index (χ4v) is 1.39. The molecule has 1 aromatic heterocycles. The van der Waals surface area contributed by atoms with Crippen LogP contribution in [0.1, 0.15) is 10.4 Å². The Balaban J connectivity index is 2.83. The lowest BCUT2D eigenvalue weighted by Crippen LogP contribution is -2.10. The van der Waals surface area contributed by atoms with E-state index in [1.807, 2.05) is 0 Å². The maximum Gasteiger partial charge on any atom is 0.339 e. The van der Waals surface area contributed by atoms with Gasteiger partial charge in [0, 0.05) is 0 Å². The monoisotopic (exact) mass is 204 g/mol. The zero-order valence-electron chi connectivity index (χ0n) is 7.98. The Morgan fingerprint density at radius 1 is 1.47 bits per heavy atom. The molecule has 0 spiro atoms. The first kappa shape index (κ1) is 9.39. The molecular weight excluding hydrogens is 196 g/mol. The predicted molar refractivity (Wildman–Crippen MR) is 53.7 cm³/mol. The fraction of sp³-hybridized carbons (Fsp3) is 0.100. The summed E-state index contributed by atoms with van der Waals surface area (Å²) in [6.45, 7) is 0. The molecule has 1 N–H and O–H groups in total. The standard InChI is InChI=1S/C10H8N2O3/c1-15-10(14)7-4-2-3-6-8(7)11-5-12-9(6)13/h2-5H,1H3,(H,11,12,13). The van der Waals surface area contributed by atoms with E-state index in [0.29, 0.717) is 16.5 Å². The number of H-pyrrole nitrogens is 1. The predicted octanol–water partition coefficient (Wildman–Crippen LogP) is 0.710. The molecule has 0 saturated carbocycles. The molecule has 5 heteroatoms. The van der Waals surface area contributed by atoms with Gasteiger partial charge in [-0.05, 0) is 12.1 Å². The number of para-hydroxylation sites is 1. The molecule has 2 rings (SSSR count). The summed E-state index contributed by atoms with van der Waals surface area (Å²) in [6, 6.07) is 4.81. The van der Waals surface area contributed by atoms with Crippen LogP contribution in [0.4, 0.5) is 0 Å². The average molecular weight is 204 g/mol. The van der Waals surface area contributed by atoms with Crippen LogP contribution in [0.15, 0.2) is 29.3 Å². The summed E-state index contributed by atoms with van der Waals surface area (Å²) in [6.07, 6.45) is 1.26. The van der Waals surface area contributed by atoms with Crippen molar-refractivity contribution in [1.82, 2.24) is 9.97 Å². The van der Waals surface area contributed by atoms with Crippen molar-refractivity contribution in [2.24, 2.45) is 0 Å². The van der Waals surface area contributed by atoms with Crippen LogP contribution in [-0.2, 0) is 4.74 Å². The van der Waals surface area contributed by atoms with Crippen LogP contribution in [0.2, 0.25) is 0 Å². The normalized spacial score (nSPS) is 10.2. The lowest BCUT2D eigenvalue weighted by molar-refractivity contribution is 0.0603. The van der Waals surface area contributed by atoms with Gasteiger partial charge in [-0.25, -0.2) is 4.79 Å². The maximum atomic E-state index is 11.4. The number of carbonyl (C=O) groups excluding carboxylic acids is 1. The molecular formula is C10H8N2O3. The number of esters is 1. The Hall–Kier alpha value is -2.17. The molecule has 2 aromatic rings. The van der Waals surface area contributed by atoms with Gasteiger partial charge in [-0.2, -0.15) is 4.98 Å². The van der Waals surface area contributed by atoms with Crippen molar-refractivity contribution in [2.45, 2.75) is 0 Å². The topological polar surface area (TPSA) is 72.1 Å². The SMILES string of the molecule is COC(=O)c1cccc2c(=O)nc[nH]c12. The summed E-state index contributed by atoms with van der Waals surface area (Å²) in [5.41, 5.74) is 0.411. The van der Waals surface area contributed by atoms with Crippen molar-refractivity contribution in [3.05, 3.63) is 40.4 Å². The second kappa shape index (κ2) is 3.53. The maximum absolute atomic E-state index is 11.4. The molecule has 0 fully saturated rings. The lowest BCUT2D eigenvalue weighted by Gasteiger charge is -2.02. The first-order valence-corrected chi connectivity index (χ1v) is 4.29. The van der Waals surface area contributed by atoms with E-state index in [0.717, 1.165) is 0 Å². The van der Waals surface area contributed by atoms with E-state index in [1.54, 1.807) is 18.2 Å². The van der Waals surface area contributed by atoms with Crippen molar-refractivity contribution in [2.75, 3.05) is 7.11 Å². The minimum atomic E-state index is -0.484. The van der Waals surface area contributed by atoms with Crippen molar-refractivity contribution in [3.63, 3.8) is 0 Å². The third kappa shape index (κ3) is 1.48. The van der Waals surface area contributed by atoms with E-state index in [2.05, 4.69) is 14.7 Å². The molecule has 0 saturated heterocycles. The van der Waals surface area contributed by atoms with E-state index >= 15 is 0 Å². The van der Waals surface area contributed by atoms with Crippen molar-refractivity contribution < 1.29 is 9.53 Å². The number of methoxy groups -OCH3 is 1. The van der Waals surface area contributed by atoms with Crippen LogP contribution in [-0.4, -0.2) is 23.0 Å². The number of aromatic nitrogens is 2. The smallest absolute Gasteiger partial charge is 0.339 e. The quantitative estimate of drug-likeness (QED) is 0.694. The zero-order chi connectivity index (χ0) is 10.8. The van der Waals surface area contributed by atoms with Crippen molar-refractivity contribution >= 4 is 16.9 Å². The largest absolute Gasteiger partial charge is 0.465 e. The number of fused-ring (bicyclic) bond motifs is 1. The molecule has 0 atom stereocenters. The number of nitrogens with one attached hydrogen (secondary N) is 1. The minimum absolute atomic E-state index is 0.328. The molecule has 1 heterocycles. The van der Waals surface area contributed by atoms with Crippen molar-refractivity contribution in [1.29, 1.82) is 0 Å². The molecule has 15 heavy (non-hydrogen) atoms. The molecule has 0 aliphatic carbocycles. The van der Waals surface area contributed by atoms with E-state index in [-0.39, 0.29) is 5.56 Å². The third-order valence-corrected chi connectivity index (χ3v) is 2.09. The van der Waals surface area contributed by atoms with Gasteiger partial charge in [0.1, 0.15) is 0 Å². The number of aromatic amines is 1. The van der Waals surface area contributed by atoms with Gasteiger partial charge in [0.05, 0.1) is 29.9 Å². The first-order valence-electron chi connectivity index (χ1n) is 4.29. The average Bonchev–Trinajstić information content (AvgIpc) is 2.28. The molecule has 5 nitrogen and oxygen atoms in total. The molecule has 0 aliphatic rings. The number of hydrogen-bond donors (Lipinski definition) is 1. The Bertz CT molecular complexity index is 574. The number of hydrogen-bond acceptors (Lipinski definition) is 4. The first-order chi connectivity index (χ1) is 7.24. The van der Waals surface area contributed by atoms with Crippen LogP contribution in [0.5, 0.6) is 0 Å². The molecule has 0 aliphatic heterocycles. The van der Waals surface area contributed by atoms with Gasteiger partial charge in [-0.15, -0.1) is 0 Å². The summed E-state index contributed by atoms with van der Waals surface area (Å²) in [5, 5.41) is 0.375. The minimum Gasteiger partial charge on any atom is -0.465 e. The molecule has 0 radical (unpaired) electrons. The van der Waals surface area contributed by atoms with Gasteiger partial charge in [0.25, 0.3) is 5.56 Å². The highest BCUT2D eigenvalue weighted by Gasteiger charge is 2.11. The van der Waals surface area contributed by atoms with Gasteiger partial charge >= 0.3 is 5.97 Å². The number of nitrogens with zero attached hydrogens (tertiary/aromatic N) is 1. The fourth-order valence-electron chi connectivity index (χ4n) is 1.39. The van der Waals surface area contributed by atoms with Gasteiger partial charge in [-0.1, -0.05) is 6.07 Å². The van der Waals surface area contributed by atoms with Crippen LogP contribution < -0.4 is 5.56 Å². The number of benzene rings is 1. The Morgan fingerprint density at radius 2 is 2.27 bits per heavy atom. The summed E-state index contributed by atoms with van der Waals surface area (Å²) < 4.78 is 4.60. The summed E-state index contributed by atoms with van der Waals surface area (Å²) in [4.78, 5) is 29.1. The highest BCUT2D eigenvalue weighted by atomic mass is 16.5. The van der Waals surface area contributed by atoms with Crippen LogP contribution in [0, 0.1) is 0 Å². The van der Waals surface area contributed by atoms with Crippen LogP contribution in [0.3, 0.4) is 0 Å². The third-order valence-electron chi connectivity index (χ3n) is 2.09. The molecule has 0 bridgehead atoms. The van der Waals surface area contributed by atoms with Crippen LogP contribution in [0.25, 0.3) is 10.9 Å². The number of ether oxygens (including phenoxy) is 1. The summed E-state index contributed by atoms with van der Waals surface area (Å²) >= 11 is 0. The second-order valence-electron chi connectivity index (χ2n) is 2.93.